The van der Waals surface area contributed by atoms with Crippen molar-refractivity contribution >= 4 is 34.0 Å². The lowest BCUT2D eigenvalue weighted by Crippen LogP contribution is -3.14. The maximum atomic E-state index is 12.4. The van der Waals surface area contributed by atoms with Gasteiger partial charge in [0.2, 0.25) is 5.91 Å². The van der Waals surface area contributed by atoms with E-state index >= 15 is 0 Å². The van der Waals surface area contributed by atoms with Gasteiger partial charge in [-0.3, -0.25) is 4.79 Å². The molecule has 26 heavy (non-hydrogen) atoms. The first-order valence-electron chi connectivity index (χ1n) is 8.98. The van der Waals surface area contributed by atoms with Gasteiger partial charge in [-0.1, -0.05) is 64.5 Å². The lowest BCUT2D eigenvalue weighted by atomic mass is 10.2. The Morgan fingerprint density at radius 3 is 2.31 bits per heavy atom. The molecule has 134 valence electrons. The van der Waals surface area contributed by atoms with Crippen molar-refractivity contribution in [2.24, 2.45) is 0 Å². The molecule has 2 aromatic rings. The van der Waals surface area contributed by atoms with Crippen LogP contribution in [0.4, 0.5) is 0 Å². The van der Waals surface area contributed by atoms with Crippen LogP contribution in [0.15, 0.2) is 71.2 Å². The van der Waals surface area contributed by atoms with E-state index in [1.807, 2.05) is 41.3 Å². The summed E-state index contributed by atoms with van der Waals surface area (Å²) in [5.74, 6) is 0.104. The average Bonchev–Trinajstić information content (AvgIpc) is 2.69. The molecule has 1 saturated heterocycles. The van der Waals surface area contributed by atoms with E-state index in [1.165, 1.54) is 10.5 Å². The van der Waals surface area contributed by atoms with E-state index < -0.39 is 0 Å². The Labute approximate surface area is 163 Å². The second-order valence-corrected chi connectivity index (χ2v) is 7.39. The fourth-order valence-electron chi connectivity index (χ4n) is 3.02. The molecule has 0 bridgehead atoms. The number of halogens is 1. The molecule has 4 heteroatoms. The quantitative estimate of drug-likeness (QED) is 0.751. The first kappa shape index (κ1) is 18.6. The van der Waals surface area contributed by atoms with Gasteiger partial charge in [-0.05, 0) is 35.4 Å². The molecule has 1 N–H and O–H groups in total. The molecule has 0 atom stereocenters. The summed E-state index contributed by atoms with van der Waals surface area (Å²) in [4.78, 5) is 15.8. The number of hydrogen-bond donors (Lipinski definition) is 1. The summed E-state index contributed by atoms with van der Waals surface area (Å²) < 4.78 is 1.04. The summed E-state index contributed by atoms with van der Waals surface area (Å²) in [6.45, 7) is 4.63. The highest BCUT2D eigenvalue weighted by Crippen LogP contribution is 2.11. The minimum Gasteiger partial charge on any atom is -0.329 e. The van der Waals surface area contributed by atoms with Gasteiger partial charge in [-0.15, -0.1) is 0 Å². The van der Waals surface area contributed by atoms with E-state index in [0.717, 1.165) is 42.8 Å². The van der Waals surface area contributed by atoms with Gasteiger partial charge in [-0.25, -0.2) is 0 Å². The highest BCUT2D eigenvalue weighted by atomic mass is 79.9. The molecule has 0 aromatic heterocycles. The number of carbonyl (C=O) groups is 1. The van der Waals surface area contributed by atoms with Crippen LogP contribution in [0.25, 0.3) is 12.2 Å². The number of nitrogens with one attached hydrogen (secondary N) is 1. The fraction of sp³-hybridized carbons (Fsp3) is 0.227. The van der Waals surface area contributed by atoms with Gasteiger partial charge >= 0.3 is 0 Å². The Morgan fingerprint density at radius 2 is 1.62 bits per heavy atom. The summed E-state index contributed by atoms with van der Waals surface area (Å²) in [5, 5.41) is 0. The summed E-state index contributed by atoms with van der Waals surface area (Å²) in [5.41, 5.74) is 2.27. The molecule has 1 aliphatic rings. The van der Waals surface area contributed by atoms with Gasteiger partial charge < -0.3 is 9.80 Å². The maximum absolute atomic E-state index is 12.4. The van der Waals surface area contributed by atoms with Crippen LogP contribution in [0.5, 0.6) is 0 Å². The number of rotatable bonds is 5. The van der Waals surface area contributed by atoms with E-state index in [2.05, 4.69) is 52.3 Å². The smallest absolute Gasteiger partial charge is 0.246 e. The van der Waals surface area contributed by atoms with E-state index in [4.69, 9.17) is 0 Å². The largest absolute Gasteiger partial charge is 0.329 e. The Hall–Kier alpha value is -2.17. The zero-order valence-electron chi connectivity index (χ0n) is 14.8. The predicted octanol–water partition coefficient (Wildman–Crippen LogP) is 2.90. The third kappa shape index (κ3) is 5.68. The number of hydrogen-bond acceptors (Lipinski definition) is 1. The van der Waals surface area contributed by atoms with E-state index in [9.17, 15) is 4.79 Å². The molecule has 0 unspecified atom stereocenters. The van der Waals surface area contributed by atoms with E-state index in [-0.39, 0.29) is 5.91 Å². The van der Waals surface area contributed by atoms with E-state index in [0.29, 0.717) is 0 Å². The average molecular weight is 412 g/mol. The Bertz CT molecular complexity index is 760. The van der Waals surface area contributed by atoms with Crippen LogP contribution in [0, 0.1) is 0 Å². The van der Waals surface area contributed by atoms with Gasteiger partial charge in [0.15, 0.2) is 0 Å². The molecule has 0 saturated carbocycles. The minimum atomic E-state index is 0.104. The fourth-order valence-corrected chi connectivity index (χ4v) is 3.28. The first-order chi connectivity index (χ1) is 12.7. The van der Waals surface area contributed by atoms with Crippen molar-refractivity contribution in [2.75, 3.05) is 32.7 Å². The lowest BCUT2D eigenvalue weighted by molar-refractivity contribution is -0.898. The van der Waals surface area contributed by atoms with Gasteiger partial charge in [0, 0.05) is 10.5 Å². The molecule has 0 radical (unpaired) electrons. The Balaban J connectivity index is 1.43. The van der Waals surface area contributed by atoms with Crippen molar-refractivity contribution < 1.29 is 9.69 Å². The number of carbonyl (C=O) groups excluding carboxylic acids is 1. The molecule has 1 fully saturated rings. The molecule has 0 aliphatic carbocycles. The number of quaternary nitrogens is 1. The van der Waals surface area contributed by atoms with Crippen LogP contribution >= 0.6 is 15.9 Å². The zero-order valence-corrected chi connectivity index (χ0v) is 16.4. The maximum Gasteiger partial charge on any atom is 0.246 e. The lowest BCUT2D eigenvalue weighted by Gasteiger charge is -2.31. The van der Waals surface area contributed by atoms with E-state index in [1.54, 1.807) is 6.08 Å². The predicted molar refractivity (Wildman–Crippen MR) is 111 cm³/mol. The van der Waals surface area contributed by atoms with Gasteiger partial charge in [0.1, 0.15) is 0 Å². The number of piperazine rings is 1. The Morgan fingerprint density at radius 1 is 0.962 bits per heavy atom. The van der Waals surface area contributed by atoms with Crippen LogP contribution in [0.1, 0.15) is 11.1 Å². The SMILES string of the molecule is O=C(/C=C/c1ccc(Br)cc1)N1CC[NH+](C/C=C/c2ccccc2)CC1. The molecule has 3 rings (SSSR count). The highest BCUT2D eigenvalue weighted by Gasteiger charge is 2.21. The van der Waals surface area contributed by atoms with Crippen molar-refractivity contribution in [3.05, 3.63) is 82.3 Å². The first-order valence-corrected chi connectivity index (χ1v) is 9.78. The minimum absolute atomic E-state index is 0.104. The highest BCUT2D eigenvalue weighted by molar-refractivity contribution is 9.10. The number of amides is 1. The monoisotopic (exact) mass is 411 g/mol. The number of benzene rings is 2. The number of nitrogens with zero attached hydrogens (tertiary/aromatic N) is 1. The molecule has 0 spiro atoms. The molecule has 3 nitrogen and oxygen atoms in total. The second kappa shape index (κ2) is 9.51. The summed E-state index contributed by atoms with van der Waals surface area (Å²) in [6, 6.07) is 18.3. The van der Waals surface area contributed by atoms with Crippen LogP contribution in [-0.2, 0) is 4.79 Å². The van der Waals surface area contributed by atoms with Crippen molar-refractivity contribution in [3.63, 3.8) is 0 Å². The van der Waals surface area contributed by atoms with Crippen LogP contribution in [-0.4, -0.2) is 43.5 Å². The third-order valence-corrected chi connectivity index (χ3v) is 5.12. The van der Waals surface area contributed by atoms with Gasteiger partial charge in [0.25, 0.3) is 0 Å². The van der Waals surface area contributed by atoms with Crippen molar-refractivity contribution in [1.82, 2.24) is 4.90 Å². The molecule has 1 heterocycles. The second-order valence-electron chi connectivity index (χ2n) is 6.48. The molecular weight excluding hydrogens is 388 g/mol. The van der Waals surface area contributed by atoms with Gasteiger partial charge in [-0.2, -0.15) is 0 Å². The molecular formula is C22H24BrN2O+. The molecule has 1 aliphatic heterocycles. The summed E-state index contributed by atoms with van der Waals surface area (Å²) in [6.07, 6.45) is 7.97. The van der Waals surface area contributed by atoms with Crippen LogP contribution in [0.3, 0.4) is 0 Å². The zero-order chi connectivity index (χ0) is 18.2. The normalized spacial score (nSPS) is 15.8. The van der Waals surface area contributed by atoms with Gasteiger partial charge in [0.05, 0.1) is 32.7 Å². The van der Waals surface area contributed by atoms with Crippen molar-refractivity contribution in [3.8, 4) is 0 Å². The summed E-state index contributed by atoms with van der Waals surface area (Å²) in [7, 11) is 0. The topological polar surface area (TPSA) is 24.8 Å². The standard InChI is InChI=1S/C22H23BrN2O/c23-21-11-8-20(9-12-21)10-13-22(26)25-17-15-24(16-18-25)14-4-7-19-5-2-1-3-6-19/h1-13H,14-18H2/p+1/b7-4+,13-10+. The van der Waals surface area contributed by atoms with Crippen LogP contribution in [0.2, 0.25) is 0 Å². The molecule has 2 aromatic carbocycles. The Kier molecular flexibility index (Phi) is 6.81. The third-order valence-electron chi connectivity index (χ3n) is 4.59. The van der Waals surface area contributed by atoms with Crippen LogP contribution < -0.4 is 4.90 Å². The summed E-state index contributed by atoms with van der Waals surface area (Å²) >= 11 is 3.42. The van der Waals surface area contributed by atoms with Crippen molar-refractivity contribution in [2.45, 2.75) is 0 Å². The molecule has 1 amide bonds. The van der Waals surface area contributed by atoms with Crippen molar-refractivity contribution in [1.29, 1.82) is 0 Å².